The van der Waals surface area contributed by atoms with Gasteiger partial charge in [0.05, 0.1) is 11.4 Å². The number of fused-ring (bicyclic) bond motifs is 1. The molecule has 1 heterocycles. The van der Waals surface area contributed by atoms with E-state index in [1.54, 1.807) is 12.1 Å². The molecular formula is C25H31N3O4S. The molecule has 2 aromatic carbocycles. The average molecular weight is 470 g/mol. The number of carbonyl (C=O) groups is 2. The third-order valence-corrected chi connectivity index (χ3v) is 8.34. The van der Waals surface area contributed by atoms with E-state index in [9.17, 15) is 18.0 Å². The Kier molecular flexibility index (Phi) is 6.33. The molecule has 33 heavy (non-hydrogen) atoms. The Hall–Kier alpha value is -2.71. The predicted molar refractivity (Wildman–Crippen MR) is 129 cm³/mol. The fourth-order valence-corrected chi connectivity index (χ4v) is 5.85. The van der Waals surface area contributed by atoms with Crippen LogP contribution in [0.5, 0.6) is 0 Å². The van der Waals surface area contributed by atoms with Crippen molar-refractivity contribution in [3.8, 4) is 0 Å². The minimum Gasteiger partial charge on any atom is -0.325 e. The minimum absolute atomic E-state index is 0.00680. The van der Waals surface area contributed by atoms with E-state index in [2.05, 4.69) is 5.32 Å². The molecule has 8 heteroatoms. The Balaban J connectivity index is 1.48. The van der Waals surface area contributed by atoms with Gasteiger partial charge in [0.1, 0.15) is 0 Å². The zero-order chi connectivity index (χ0) is 23.9. The number of amides is 2. The van der Waals surface area contributed by atoms with Gasteiger partial charge in [0.2, 0.25) is 21.8 Å². The fourth-order valence-electron chi connectivity index (χ4n) is 4.67. The maximum absolute atomic E-state index is 13.2. The van der Waals surface area contributed by atoms with E-state index in [0.29, 0.717) is 12.1 Å². The van der Waals surface area contributed by atoms with Gasteiger partial charge in [-0.05, 0) is 87.1 Å². The molecule has 0 bridgehead atoms. The van der Waals surface area contributed by atoms with E-state index < -0.39 is 15.9 Å². The van der Waals surface area contributed by atoms with Gasteiger partial charge in [0.25, 0.3) is 0 Å². The van der Waals surface area contributed by atoms with Crippen LogP contribution >= 0.6 is 0 Å². The first-order chi connectivity index (χ1) is 15.6. The molecule has 1 saturated carbocycles. The molecule has 0 radical (unpaired) electrons. The number of hydrogen-bond donors (Lipinski definition) is 1. The Labute approximate surface area is 195 Å². The number of nitrogens with one attached hydrogen (secondary N) is 1. The van der Waals surface area contributed by atoms with E-state index in [-0.39, 0.29) is 29.3 Å². The van der Waals surface area contributed by atoms with E-state index >= 15 is 0 Å². The second-order valence-corrected chi connectivity index (χ2v) is 11.4. The maximum Gasteiger partial charge on any atom is 0.243 e. The number of carbonyl (C=O) groups excluding carboxylic acids is 2. The van der Waals surface area contributed by atoms with Crippen LogP contribution in [-0.4, -0.2) is 44.2 Å². The lowest BCUT2D eigenvalue weighted by atomic mass is 9.84. The molecule has 2 aliphatic rings. The topological polar surface area (TPSA) is 86.8 Å². The van der Waals surface area contributed by atoms with Crippen molar-refractivity contribution in [3.05, 3.63) is 53.1 Å². The molecule has 0 spiro atoms. The zero-order valence-electron chi connectivity index (χ0n) is 19.6. The lowest BCUT2D eigenvalue weighted by molar-refractivity contribution is -0.125. The summed E-state index contributed by atoms with van der Waals surface area (Å²) in [4.78, 5) is 27.3. The van der Waals surface area contributed by atoms with Crippen molar-refractivity contribution in [2.75, 3.05) is 23.8 Å². The molecule has 1 aliphatic carbocycles. The van der Waals surface area contributed by atoms with Crippen LogP contribution in [0.1, 0.15) is 42.9 Å². The van der Waals surface area contributed by atoms with Gasteiger partial charge < -0.3 is 10.2 Å². The number of likely N-dealkylation sites (N-methyl/N-ethyl adjacent to an activating group) is 1. The monoisotopic (exact) mass is 469 g/mol. The average Bonchev–Trinajstić information content (AvgIpc) is 3.00. The Morgan fingerprint density at radius 2 is 1.76 bits per heavy atom. The SMILES string of the molecule is Cc1cc(C)cc(NC(=O)CN(C)S(=O)(=O)c2ccc3c(c2)CC(C)N3C(=O)C2CCC2)c1. The van der Waals surface area contributed by atoms with Crippen molar-refractivity contribution in [1.82, 2.24) is 4.31 Å². The first kappa shape index (κ1) is 23.4. The number of nitrogens with zero attached hydrogens (tertiary/aromatic N) is 2. The number of sulfonamides is 1. The summed E-state index contributed by atoms with van der Waals surface area (Å²) in [6.07, 6.45) is 3.57. The van der Waals surface area contributed by atoms with Crippen LogP contribution in [0.15, 0.2) is 41.3 Å². The largest absolute Gasteiger partial charge is 0.325 e. The van der Waals surface area contributed by atoms with Gasteiger partial charge in [-0.1, -0.05) is 12.5 Å². The third-order valence-electron chi connectivity index (χ3n) is 6.54. The highest BCUT2D eigenvalue weighted by molar-refractivity contribution is 7.89. The number of rotatable bonds is 6. The van der Waals surface area contributed by atoms with Crippen molar-refractivity contribution >= 4 is 33.2 Å². The first-order valence-electron chi connectivity index (χ1n) is 11.4. The summed E-state index contributed by atoms with van der Waals surface area (Å²) >= 11 is 0. The Morgan fingerprint density at radius 3 is 2.36 bits per heavy atom. The van der Waals surface area contributed by atoms with Crippen molar-refractivity contribution in [2.24, 2.45) is 5.92 Å². The summed E-state index contributed by atoms with van der Waals surface area (Å²) in [5, 5.41) is 2.78. The van der Waals surface area contributed by atoms with Gasteiger partial charge in [-0.15, -0.1) is 0 Å². The van der Waals surface area contributed by atoms with E-state index in [4.69, 9.17) is 0 Å². The summed E-state index contributed by atoms with van der Waals surface area (Å²) in [6, 6.07) is 10.6. The van der Waals surface area contributed by atoms with Crippen molar-refractivity contribution in [1.29, 1.82) is 0 Å². The van der Waals surface area contributed by atoms with Gasteiger partial charge in [-0.2, -0.15) is 4.31 Å². The highest BCUT2D eigenvalue weighted by Gasteiger charge is 2.37. The number of aryl methyl sites for hydroxylation is 2. The second kappa shape index (κ2) is 8.91. The quantitative estimate of drug-likeness (QED) is 0.700. The Bertz CT molecular complexity index is 1180. The first-order valence-corrected chi connectivity index (χ1v) is 12.8. The molecule has 2 amide bonds. The lowest BCUT2D eigenvalue weighted by Gasteiger charge is -2.32. The number of anilines is 2. The van der Waals surface area contributed by atoms with E-state index in [1.165, 1.54) is 13.1 Å². The lowest BCUT2D eigenvalue weighted by Crippen LogP contribution is -2.42. The molecule has 1 unspecified atom stereocenters. The van der Waals surface area contributed by atoms with Crippen LogP contribution in [-0.2, 0) is 26.0 Å². The van der Waals surface area contributed by atoms with Crippen molar-refractivity contribution in [3.63, 3.8) is 0 Å². The van der Waals surface area contributed by atoms with Crippen LogP contribution in [0.2, 0.25) is 0 Å². The summed E-state index contributed by atoms with van der Waals surface area (Å²) in [5.74, 6) is -0.176. The standard InChI is InChI=1S/C25H31N3O4S/c1-16-10-17(2)12-21(11-16)26-24(29)15-27(4)33(31,32)22-8-9-23-20(14-22)13-18(3)28(23)25(30)19-6-5-7-19/h8-12,14,18-19H,5-7,13,15H2,1-4H3,(H,26,29). The van der Waals surface area contributed by atoms with Crippen LogP contribution in [0.3, 0.4) is 0 Å². The van der Waals surface area contributed by atoms with Gasteiger partial charge in [-0.25, -0.2) is 8.42 Å². The molecular weight excluding hydrogens is 438 g/mol. The number of benzene rings is 2. The van der Waals surface area contributed by atoms with Crippen LogP contribution < -0.4 is 10.2 Å². The second-order valence-electron chi connectivity index (χ2n) is 9.37. The zero-order valence-corrected chi connectivity index (χ0v) is 20.4. The van der Waals surface area contributed by atoms with Gasteiger partial charge in [0.15, 0.2) is 0 Å². The maximum atomic E-state index is 13.2. The van der Waals surface area contributed by atoms with Crippen molar-refractivity contribution in [2.45, 2.75) is 57.4 Å². The van der Waals surface area contributed by atoms with E-state index in [1.807, 2.05) is 43.9 Å². The predicted octanol–water partition coefficient (Wildman–Crippen LogP) is 3.64. The molecule has 2 aromatic rings. The highest BCUT2D eigenvalue weighted by Crippen LogP contribution is 2.38. The molecule has 0 saturated heterocycles. The molecule has 1 N–H and O–H groups in total. The van der Waals surface area contributed by atoms with E-state index in [0.717, 1.165) is 45.9 Å². The summed E-state index contributed by atoms with van der Waals surface area (Å²) in [5.41, 5.74) is 4.33. The molecule has 0 aromatic heterocycles. The third kappa shape index (κ3) is 4.68. The molecule has 1 atom stereocenters. The summed E-state index contributed by atoms with van der Waals surface area (Å²) in [7, 11) is -2.46. The summed E-state index contributed by atoms with van der Waals surface area (Å²) < 4.78 is 27.4. The Morgan fingerprint density at radius 1 is 1.09 bits per heavy atom. The van der Waals surface area contributed by atoms with Gasteiger partial charge in [-0.3, -0.25) is 9.59 Å². The molecule has 4 rings (SSSR count). The summed E-state index contributed by atoms with van der Waals surface area (Å²) in [6.45, 7) is 5.58. The fraction of sp³-hybridized carbons (Fsp3) is 0.440. The van der Waals surface area contributed by atoms with Crippen LogP contribution in [0.4, 0.5) is 11.4 Å². The molecule has 7 nitrogen and oxygen atoms in total. The number of hydrogen-bond acceptors (Lipinski definition) is 4. The van der Waals surface area contributed by atoms with Gasteiger partial charge >= 0.3 is 0 Å². The molecule has 176 valence electrons. The van der Waals surface area contributed by atoms with Crippen LogP contribution in [0, 0.1) is 19.8 Å². The molecule has 1 aliphatic heterocycles. The minimum atomic E-state index is -3.86. The molecule has 1 fully saturated rings. The smallest absolute Gasteiger partial charge is 0.243 e. The normalized spacial score (nSPS) is 18.2. The van der Waals surface area contributed by atoms with Crippen LogP contribution in [0.25, 0.3) is 0 Å². The van der Waals surface area contributed by atoms with Gasteiger partial charge in [0, 0.05) is 30.4 Å². The highest BCUT2D eigenvalue weighted by atomic mass is 32.2. The van der Waals surface area contributed by atoms with Crippen molar-refractivity contribution < 1.29 is 18.0 Å².